The molecule has 1 fully saturated rings. The van der Waals surface area contributed by atoms with E-state index in [0.717, 1.165) is 31.4 Å². The van der Waals surface area contributed by atoms with Crippen molar-refractivity contribution in [3.05, 3.63) is 23.5 Å². The van der Waals surface area contributed by atoms with Gasteiger partial charge >= 0.3 is 5.97 Å². The molecule has 2 rings (SSSR count). The second-order valence-electron chi connectivity index (χ2n) is 5.84. The largest absolute Gasteiger partial charge is 0.495 e. The number of methoxy groups -OCH3 is 1. The monoisotopic (exact) mass is 293 g/mol. The molecule has 0 saturated heterocycles. The van der Waals surface area contributed by atoms with Crippen LogP contribution in [0.5, 0.6) is 0 Å². The van der Waals surface area contributed by atoms with Gasteiger partial charge in [0.05, 0.1) is 24.9 Å². The Balaban J connectivity index is 1.87. The highest BCUT2D eigenvalue weighted by Gasteiger charge is 2.29. The fourth-order valence-electron chi connectivity index (χ4n) is 3.04. The first-order valence-electron chi connectivity index (χ1n) is 7.46. The van der Waals surface area contributed by atoms with Crippen molar-refractivity contribution in [1.29, 1.82) is 0 Å². The van der Waals surface area contributed by atoms with E-state index in [0.29, 0.717) is 12.0 Å². The molecule has 2 N–H and O–H groups in total. The Morgan fingerprint density at radius 3 is 2.38 bits per heavy atom. The summed E-state index contributed by atoms with van der Waals surface area (Å²) in [6, 6.07) is 0. The van der Waals surface area contributed by atoms with E-state index in [1.165, 1.54) is 7.11 Å². The van der Waals surface area contributed by atoms with Crippen LogP contribution in [0.2, 0.25) is 0 Å². The number of rotatable bonds is 4. The van der Waals surface area contributed by atoms with E-state index in [9.17, 15) is 9.59 Å². The van der Waals surface area contributed by atoms with Crippen LogP contribution in [0.4, 0.5) is 0 Å². The highest BCUT2D eigenvalue weighted by Crippen LogP contribution is 2.31. The average molecular weight is 293 g/mol. The molecule has 0 radical (unpaired) electrons. The number of ether oxygens (including phenoxy) is 2. The first kappa shape index (κ1) is 15.6. The van der Waals surface area contributed by atoms with Gasteiger partial charge < -0.3 is 15.2 Å². The van der Waals surface area contributed by atoms with Crippen molar-refractivity contribution < 1.29 is 19.1 Å². The first-order chi connectivity index (χ1) is 10.0. The van der Waals surface area contributed by atoms with Gasteiger partial charge in [-0.25, -0.2) is 0 Å². The molecular formula is C16H23NO4. The van der Waals surface area contributed by atoms with E-state index >= 15 is 0 Å². The van der Waals surface area contributed by atoms with E-state index in [1.807, 2.05) is 13.0 Å². The smallest absolute Gasteiger partial charge is 0.308 e. The maximum atomic E-state index is 11.5. The van der Waals surface area contributed by atoms with E-state index < -0.39 is 0 Å². The Morgan fingerprint density at radius 1 is 1.19 bits per heavy atom. The lowest BCUT2D eigenvalue weighted by molar-refractivity contribution is -0.147. The van der Waals surface area contributed by atoms with E-state index in [1.54, 1.807) is 6.08 Å². The van der Waals surface area contributed by atoms with Crippen molar-refractivity contribution >= 4 is 11.9 Å². The molecule has 2 aliphatic carbocycles. The van der Waals surface area contributed by atoms with Crippen LogP contribution >= 0.6 is 0 Å². The van der Waals surface area contributed by atoms with Crippen molar-refractivity contribution in [3.63, 3.8) is 0 Å². The Kier molecular flexibility index (Phi) is 5.04. The van der Waals surface area contributed by atoms with E-state index in [2.05, 4.69) is 0 Å². The molecule has 21 heavy (non-hydrogen) atoms. The molecular weight excluding hydrogens is 270 g/mol. The van der Waals surface area contributed by atoms with Gasteiger partial charge in [0.15, 0.2) is 0 Å². The van der Waals surface area contributed by atoms with Crippen molar-refractivity contribution in [2.45, 2.75) is 45.1 Å². The summed E-state index contributed by atoms with van der Waals surface area (Å²) in [7, 11) is 1.43. The third kappa shape index (κ3) is 3.86. The SMILES string of the molecule is COC(=O)C1CCC(OC2=CC=C(C(N)=O)C(C)C2)CC1. The minimum absolute atomic E-state index is 0.00969. The molecule has 0 aromatic rings. The highest BCUT2D eigenvalue weighted by atomic mass is 16.5. The van der Waals surface area contributed by atoms with E-state index in [4.69, 9.17) is 15.2 Å². The molecule has 5 heteroatoms. The number of hydrogen-bond acceptors (Lipinski definition) is 4. The van der Waals surface area contributed by atoms with Crippen LogP contribution < -0.4 is 5.73 Å². The lowest BCUT2D eigenvalue weighted by Gasteiger charge is -2.30. The molecule has 0 heterocycles. The molecule has 1 atom stereocenters. The van der Waals surface area contributed by atoms with Crippen molar-refractivity contribution in [1.82, 2.24) is 0 Å². The van der Waals surface area contributed by atoms with Gasteiger partial charge in [-0.2, -0.15) is 0 Å². The Morgan fingerprint density at radius 2 is 1.86 bits per heavy atom. The van der Waals surface area contributed by atoms with Gasteiger partial charge in [0.1, 0.15) is 0 Å². The van der Waals surface area contributed by atoms with Crippen LogP contribution in [0.25, 0.3) is 0 Å². The topological polar surface area (TPSA) is 78.6 Å². The third-order valence-corrected chi connectivity index (χ3v) is 4.30. The summed E-state index contributed by atoms with van der Waals surface area (Å²) in [5.74, 6) is 0.516. The van der Waals surface area contributed by atoms with Crippen LogP contribution in [-0.2, 0) is 19.1 Å². The fourth-order valence-corrected chi connectivity index (χ4v) is 3.04. The highest BCUT2D eigenvalue weighted by molar-refractivity contribution is 5.93. The summed E-state index contributed by atoms with van der Waals surface area (Å²) < 4.78 is 10.8. The second-order valence-corrected chi connectivity index (χ2v) is 5.84. The molecule has 0 aromatic carbocycles. The van der Waals surface area contributed by atoms with Gasteiger partial charge in [0.2, 0.25) is 5.91 Å². The lowest BCUT2D eigenvalue weighted by Crippen LogP contribution is -2.28. The number of allylic oxidation sites excluding steroid dienone is 3. The Labute approximate surface area is 125 Å². The lowest BCUT2D eigenvalue weighted by atomic mass is 9.87. The van der Waals surface area contributed by atoms with Gasteiger partial charge in [0, 0.05) is 12.0 Å². The molecule has 0 bridgehead atoms. The van der Waals surface area contributed by atoms with Gasteiger partial charge in [-0.3, -0.25) is 9.59 Å². The number of carbonyl (C=O) groups is 2. The summed E-state index contributed by atoms with van der Waals surface area (Å²) in [5, 5.41) is 0. The molecule has 1 unspecified atom stereocenters. The number of esters is 1. The molecule has 1 amide bonds. The Bertz CT molecular complexity index is 473. The molecule has 0 aromatic heterocycles. The maximum absolute atomic E-state index is 11.5. The van der Waals surface area contributed by atoms with Crippen LogP contribution in [0.3, 0.4) is 0 Å². The summed E-state index contributed by atoms with van der Waals surface area (Å²) in [6.07, 6.45) is 7.78. The quantitative estimate of drug-likeness (QED) is 0.805. The Hall–Kier alpha value is -1.78. The molecule has 1 saturated carbocycles. The number of carbonyl (C=O) groups excluding carboxylic acids is 2. The number of hydrogen-bond donors (Lipinski definition) is 1. The van der Waals surface area contributed by atoms with Crippen LogP contribution in [-0.4, -0.2) is 25.1 Å². The summed E-state index contributed by atoms with van der Waals surface area (Å²) in [4.78, 5) is 22.7. The molecule has 5 nitrogen and oxygen atoms in total. The van der Waals surface area contributed by atoms with Gasteiger partial charge in [-0.1, -0.05) is 6.92 Å². The standard InChI is InChI=1S/C16H23NO4/c1-10-9-13(7-8-14(10)15(17)18)21-12-5-3-11(4-6-12)16(19)20-2/h7-8,10-12H,3-6,9H2,1-2H3,(H2,17,18). The van der Waals surface area contributed by atoms with Gasteiger partial charge in [0.25, 0.3) is 0 Å². The van der Waals surface area contributed by atoms with Crippen LogP contribution in [0.1, 0.15) is 39.0 Å². The summed E-state index contributed by atoms with van der Waals surface area (Å²) >= 11 is 0. The number of nitrogens with two attached hydrogens (primary N) is 1. The predicted octanol–water partition coefficient (Wildman–Crippen LogP) is 2.07. The summed E-state index contributed by atoms with van der Waals surface area (Å²) in [5.41, 5.74) is 5.97. The minimum Gasteiger partial charge on any atom is -0.495 e. The van der Waals surface area contributed by atoms with Crippen molar-refractivity contribution in [2.24, 2.45) is 17.6 Å². The number of primary amides is 1. The average Bonchev–Trinajstić information content (AvgIpc) is 2.47. The molecule has 0 spiro atoms. The van der Waals surface area contributed by atoms with Crippen molar-refractivity contribution in [3.8, 4) is 0 Å². The zero-order chi connectivity index (χ0) is 15.4. The van der Waals surface area contributed by atoms with E-state index in [-0.39, 0.29) is 29.8 Å². The third-order valence-electron chi connectivity index (χ3n) is 4.30. The van der Waals surface area contributed by atoms with Gasteiger partial charge in [-0.15, -0.1) is 0 Å². The zero-order valence-electron chi connectivity index (χ0n) is 12.6. The molecule has 2 aliphatic rings. The second kappa shape index (κ2) is 6.78. The number of amides is 1. The maximum Gasteiger partial charge on any atom is 0.308 e. The first-order valence-corrected chi connectivity index (χ1v) is 7.46. The minimum atomic E-state index is -0.364. The van der Waals surface area contributed by atoms with Crippen LogP contribution in [0, 0.1) is 11.8 Å². The summed E-state index contributed by atoms with van der Waals surface area (Å²) in [6.45, 7) is 1.97. The normalized spacial score (nSPS) is 29.1. The van der Waals surface area contributed by atoms with Crippen molar-refractivity contribution in [2.75, 3.05) is 7.11 Å². The zero-order valence-corrected chi connectivity index (χ0v) is 12.6. The molecule has 0 aliphatic heterocycles. The fraction of sp³-hybridized carbons (Fsp3) is 0.625. The molecule has 116 valence electrons. The van der Waals surface area contributed by atoms with Crippen LogP contribution in [0.15, 0.2) is 23.5 Å². The van der Waals surface area contributed by atoms with Gasteiger partial charge in [-0.05, 0) is 43.8 Å². The predicted molar refractivity (Wildman–Crippen MR) is 78.0 cm³/mol.